The van der Waals surface area contributed by atoms with Crippen LogP contribution in [-0.4, -0.2) is 30.8 Å². The number of hydrogen-bond donors (Lipinski definition) is 1. The Morgan fingerprint density at radius 1 is 1.17 bits per heavy atom. The van der Waals surface area contributed by atoms with Crippen molar-refractivity contribution in [3.05, 3.63) is 98.3 Å². The van der Waals surface area contributed by atoms with E-state index in [0.29, 0.717) is 16.6 Å². The van der Waals surface area contributed by atoms with E-state index in [1.165, 1.54) is 35.0 Å². The van der Waals surface area contributed by atoms with Crippen LogP contribution in [-0.2, 0) is 30.3 Å². The lowest BCUT2D eigenvalue weighted by atomic mass is 10.0. The van der Waals surface area contributed by atoms with E-state index in [1.54, 1.807) is 6.07 Å². The number of hydrogen-bond acceptors (Lipinski definition) is 4. The first-order valence-corrected chi connectivity index (χ1v) is 14.2. The lowest BCUT2D eigenvalue weighted by molar-refractivity contribution is -0.140. The highest BCUT2D eigenvalue weighted by Crippen LogP contribution is 2.46. The third kappa shape index (κ3) is 5.99. The van der Waals surface area contributed by atoms with Crippen LogP contribution < -0.4 is 10.0 Å². The molecule has 2 aromatic carbocycles. The van der Waals surface area contributed by atoms with Crippen molar-refractivity contribution < 1.29 is 35.5 Å². The fraction of sp³-hybridized carbons (Fsp3) is 0.259. The number of aromatic nitrogens is 2. The van der Waals surface area contributed by atoms with Gasteiger partial charge in [-0.1, -0.05) is 18.2 Å². The van der Waals surface area contributed by atoms with Crippen LogP contribution in [0, 0.1) is 11.6 Å². The van der Waals surface area contributed by atoms with Crippen molar-refractivity contribution in [2.45, 2.75) is 37.8 Å². The average molecular weight is 656 g/mol. The Balaban J connectivity index is 1.56. The third-order valence-electron chi connectivity index (χ3n) is 6.90. The zero-order valence-corrected chi connectivity index (χ0v) is 23.5. The Bertz CT molecular complexity index is 1670. The summed E-state index contributed by atoms with van der Waals surface area (Å²) in [6.07, 6.45) is -2.42. The average Bonchev–Trinajstić information content (AvgIpc) is 3.67. The summed E-state index contributed by atoms with van der Waals surface area (Å²) in [5, 5.41) is 4.45. The first-order valence-electron chi connectivity index (χ1n) is 12.4. The molecule has 1 aliphatic rings. The lowest BCUT2D eigenvalue weighted by Crippen LogP contribution is -2.30. The number of pyridine rings is 1. The summed E-state index contributed by atoms with van der Waals surface area (Å²) in [5.74, 6) is -2.72. The maximum Gasteiger partial charge on any atom is 0.419 e. The van der Waals surface area contributed by atoms with Gasteiger partial charge >= 0.3 is 6.18 Å². The first kappa shape index (κ1) is 29.1. The predicted octanol–water partition coefficient (Wildman–Crippen LogP) is 5.80. The number of anilines is 1. The summed E-state index contributed by atoms with van der Waals surface area (Å²) in [6.45, 7) is -0.419. The molecule has 1 fully saturated rings. The highest BCUT2D eigenvalue weighted by atomic mass is 79.9. The molecule has 4 aromatic rings. The number of carbonyl (C=O) groups is 1. The van der Waals surface area contributed by atoms with Crippen LogP contribution in [0.5, 0.6) is 0 Å². The number of primary amides is 1. The molecule has 216 valence electrons. The molecule has 1 amide bonds. The molecule has 1 unspecified atom stereocenters. The van der Waals surface area contributed by atoms with Crippen molar-refractivity contribution in [1.82, 2.24) is 9.61 Å². The maximum absolute atomic E-state index is 14.4. The minimum atomic E-state index is -5.00. The van der Waals surface area contributed by atoms with E-state index < -0.39 is 59.1 Å². The Kier molecular flexibility index (Phi) is 7.92. The minimum absolute atomic E-state index is 0.0481. The molecule has 1 aliphatic carbocycles. The second-order valence-corrected chi connectivity index (χ2v) is 11.4. The normalized spacial score (nSPS) is 14.4. The van der Waals surface area contributed by atoms with Crippen LogP contribution in [0.15, 0.2) is 53.1 Å². The summed E-state index contributed by atoms with van der Waals surface area (Å²) < 4.78 is 95.4. The molecule has 2 heterocycles. The van der Waals surface area contributed by atoms with Gasteiger partial charge in [0.15, 0.2) is 0 Å². The van der Waals surface area contributed by atoms with Crippen LogP contribution in [0.1, 0.15) is 57.1 Å². The number of rotatable bonds is 9. The van der Waals surface area contributed by atoms with Crippen molar-refractivity contribution in [2.24, 2.45) is 5.73 Å². The number of halogens is 6. The zero-order valence-electron chi connectivity index (χ0n) is 21.1. The molecular formula is C27H21BrF5N4O3S-. The van der Waals surface area contributed by atoms with E-state index in [0.717, 1.165) is 29.3 Å². The van der Waals surface area contributed by atoms with Crippen LogP contribution in [0.2, 0.25) is 0 Å². The van der Waals surface area contributed by atoms with Gasteiger partial charge in [0, 0.05) is 24.2 Å². The summed E-state index contributed by atoms with van der Waals surface area (Å²) in [6, 6.07) is 9.46. The standard InChI is InChI=1S/C27H22BrF5N4O3S/c28-19-8-5-16(24(25(19)30)27(31,32)33)9-10-37(41(39)40)22-13-36-21(12-18(22)15-3-4-15)23(26(34)38)20(35-36)11-14-1-6-17(29)7-2-14/h1-2,5-8,12-13,15H,3-4,9-11H2,(H2,34,38)(H,39,40)/p-1. The Morgan fingerprint density at radius 2 is 1.85 bits per heavy atom. The van der Waals surface area contributed by atoms with Crippen LogP contribution in [0.4, 0.5) is 27.6 Å². The second kappa shape index (κ2) is 11.1. The maximum atomic E-state index is 14.4. The van der Waals surface area contributed by atoms with E-state index in [-0.39, 0.29) is 33.8 Å². The van der Waals surface area contributed by atoms with E-state index in [4.69, 9.17) is 5.73 Å². The van der Waals surface area contributed by atoms with Gasteiger partial charge in [0.1, 0.15) is 11.6 Å². The number of carbonyl (C=O) groups excluding carboxylic acids is 1. The van der Waals surface area contributed by atoms with Gasteiger partial charge in [0.05, 0.1) is 38.7 Å². The first-order chi connectivity index (χ1) is 19.3. The molecule has 0 radical (unpaired) electrons. The van der Waals surface area contributed by atoms with Crippen LogP contribution >= 0.6 is 15.9 Å². The summed E-state index contributed by atoms with van der Waals surface area (Å²) >= 11 is -0.151. The van der Waals surface area contributed by atoms with Crippen molar-refractivity contribution in [1.29, 1.82) is 0 Å². The smallest absolute Gasteiger partial charge is 0.419 e. The number of nitrogens with two attached hydrogens (primary N) is 1. The summed E-state index contributed by atoms with van der Waals surface area (Å²) in [7, 11) is 0. The van der Waals surface area contributed by atoms with Gasteiger partial charge in [-0.2, -0.15) is 18.3 Å². The molecule has 0 spiro atoms. The SMILES string of the molecule is NC(=O)c1c(Cc2ccc(F)cc2)nn2cc(N(CCc3ccc(Br)c(F)c3C(F)(F)F)S(=O)[O-])c(C3CC3)cc12. The van der Waals surface area contributed by atoms with Gasteiger partial charge in [0.2, 0.25) is 0 Å². The van der Waals surface area contributed by atoms with Crippen molar-refractivity contribution in [3.8, 4) is 0 Å². The van der Waals surface area contributed by atoms with Crippen LogP contribution in [0.3, 0.4) is 0 Å². The predicted molar refractivity (Wildman–Crippen MR) is 144 cm³/mol. The lowest BCUT2D eigenvalue weighted by Gasteiger charge is -2.29. The highest BCUT2D eigenvalue weighted by molar-refractivity contribution is 9.10. The number of alkyl halides is 3. The molecule has 0 saturated heterocycles. The molecule has 14 heteroatoms. The largest absolute Gasteiger partial charge is 0.755 e. The van der Waals surface area contributed by atoms with E-state index in [2.05, 4.69) is 21.0 Å². The monoisotopic (exact) mass is 655 g/mol. The fourth-order valence-corrected chi connectivity index (χ4v) is 5.75. The summed E-state index contributed by atoms with van der Waals surface area (Å²) in [4.78, 5) is 12.5. The fourth-order valence-electron chi connectivity index (χ4n) is 4.86. The molecule has 1 saturated carbocycles. The quantitative estimate of drug-likeness (QED) is 0.182. The van der Waals surface area contributed by atoms with E-state index in [1.807, 2.05) is 0 Å². The topological polar surface area (TPSA) is 104 Å². The van der Waals surface area contributed by atoms with Gasteiger partial charge < -0.3 is 14.6 Å². The van der Waals surface area contributed by atoms with Gasteiger partial charge in [0.25, 0.3) is 5.91 Å². The van der Waals surface area contributed by atoms with Gasteiger partial charge in [-0.25, -0.2) is 13.3 Å². The molecule has 1 atom stereocenters. The van der Waals surface area contributed by atoms with E-state index >= 15 is 0 Å². The zero-order chi connectivity index (χ0) is 29.6. The molecule has 0 bridgehead atoms. The van der Waals surface area contributed by atoms with Crippen molar-refractivity contribution in [3.63, 3.8) is 0 Å². The molecular weight excluding hydrogens is 635 g/mol. The molecule has 5 rings (SSSR count). The third-order valence-corrected chi connectivity index (χ3v) is 8.25. The number of amides is 1. The number of fused-ring (bicyclic) bond motifs is 1. The highest BCUT2D eigenvalue weighted by Gasteiger charge is 2.38. The van der Waals surface area contributed by atoms with Crippen LogP contribution in [0.25, 0.3) is 5.52 Å². The molecule has 2 aromatic heterocycles. The Hall–Kier alpha value is -3.36. The molecule has 2 N–H and O–H groups in total. The van der Waals surface area contributed by atoms with Gasteiger partial charge in [-0.15, -0.1) is 0 Å². The van der Waals surface area contributed by atoms with Gasteiger partial charge in [-0.05, 0) is 82.1 Å². The Labute approximate surface area is 241 Å². The second-order valence-electron chi connectivity index (χ2n) is 9.67. The minimum Gasteiger partial charge on any atom is -0.755 e. The van der Waals surface area contributed by atoms with Crippen molar-refractivity contribution >= 4 is 44.3 Å². The molecule has 41 heavy (non-hydrogen) atoms. The van der Waals surface area contributed by atoms with E-state index in [9.17, 15) is 35.5 Å². The number of nitrogens with zero attached hydrogens (tertiary/aromatic N) is 3. The molecule has 7 nitrogen and oxygen atoms in total. The van der Waals surface area contributed by atoms with Gasteiger partial charge in [-0.3, -0.25) is 9.00 Å². The summed E-state index contributed by atoms with van der Waals surface area (Å²) in [5.41, 5.74) is 5.96. The van der Waals surface area contributed by atoms with Crippen molar-refractivity contribution in [2.75, 3.05) is 10.8 Å². The molecule has 0 aliphatic heterocycles. The Morgan fingerprint density at radius 3 is 2.44 bits per heavy atom. The number of benzene rings is 2.